The van der Waals surface area contributed by atoms with Crippen molar-refractivity contribution in [2.24, 2.45) is 5.73 Å². The fourth-order valence-electron chi connectivity index (χ4n) is 1.11. The van der Waals surface area contributed by atoms with Crippen molar-refractivity contribution in [3.63, 3.8) is 0 Å². The van der Waals surface area contributed by atoms with E-state index in [0.717, 1.165) is 12.2 Å². The topological polar surface area (TPSA) is 26.0 Å². The van der Waals surface area contributed by atoms with Gasteiger partial charge in [0.1, 0.15) is 5.66 Å². The predicted molar refractivity (Wildman–Crippen MR) is 52.3 cm³/mol. The van der Waals surface area contributed by atoms with E-state index < -0.39 is 0 Å². The Bertz CT molecular complexity index is 95.4. The summed E-state index contributed by atoms with van der Waals surface area (Å²) in [6.07, 6.45) is 7.83. The van der Waals surface area contributed by atoms with E-state index in [9.17, 15) is 0 Å². The van der Waals surface area contributed by atoms with Crippen molar-refractivity contribution in [3.8, 4) is 0 Å². The molecular formula is C8H19NP+. The Hall–Kier alpha value is 0.130. The van der Waals surface area contributed by atoms with E-state index in [2.05, 4.69) is 19.9 Å². The van der Waals surface area contributed by atoms with Gasteiger partial charge in [0.05, 0.1) is 20.5 Å². The normalized spacial score (nSPS) is 14.9. The highest BCUT2D eigenvalue weighted by atomic mass is 31.1. The highest BCUT2D eigenvalue weighted by molar-refractivity contribution is 7.55. The SMILES string of the molecule is C=[P+](C)C(CCC)CCN. The summed E-state index contributed by atoms with van der Waals surface area (Å²) < 4.78 is 0. The molecule has 60 valence electrons. The van der Waals surface area contributed by atoms with Crippen LogP contribution >= 0.6 is 7.55 Å². The first-order chi connectivity index (χ1) is 4.72. The molecule has 2 heteroatoms. The van der Waals surface area contributed by atoms with Crippen molar-refractivity contribution in [1.82, 2.24) is 0 Å². The third-order valence-corrected chi connectivity index (χ3v) is 3.51. The smallest absolute Gasteiger partial charge is 0.117 e. The maximum atomic E-state index is 5.48. The van der Waals surface area contributed by atoms with Gasteiger partial charge in [-0.05, 0) is 13.0 Å². The molecule has 2 N–H and O–H groups in total. The molecule has 0 heterocycles. The molecule has 0 aliphatic carbocycles. The van der Waals surface area contributed by atoms with Gasteiger partial charge in [0.2, 0.25) is 0 Å². The second kappa shape index (κ2) is 5.88. The molecule has 1 nitrogen and oxygen atoms in total. The molecular weight excluding hydrogens is 141 g/mol. The van der Waals surface area contributed by atoms with Crippen molar-refractivity contribution in [1.29, 1.82) is 0 Å². The molecule has 0 aromatic carbocycles. The molecule has 0 fully saturated rings. The average molecular weight is 160 g/mol. The van der Waals surface area contributed by atoms with Gasteiger partial charge in [0.25, 0.3) is 0 Å². The second-order valence-electron chi connectivity index (χ2n) is 2.78. The van der Waals surface area contributed by atoms with Crippen molar-refractivity contribution >= 4 is 13.8 Å². The van der Waals surface area contributed by atoms with Gasteiger partial charge in [-0.1, -0.05) is 13.3 Å². The average Bonchev–Trinajstić information content (AvgIpc) is 1.87. The third-order valence-electron chi connectivity index (χ3n) is 1.75. The lowest BCUT2D eigenvalue weighted by molar-refractivity contribution is 0.687. The van der Waals surface area contributed by atoms with Crippen LogP contribution in [0, 0.1) is 0 Å². The van der Waals surface area contributed by atoms with E-state index >= 15 is 0 Å². The summed E-state index contributed by atoms with van der Waals surface area (Å²) in [6.45, 7) is 5.29. The maximum absolute atomic E-state index is 5.48. The van der Waals surface area contributed by atoms with Gasteiger partial charge in [-0.2, -0.15) is 0 Å². The number of hydrogen-bond acceptors (Lipinski definition) is 1. The van der Waals surface area contributed by atoms with Crippen molar-refractivity contribution in [3.05, 3.63) is 0 Å². The first-order valence-electron chi connectivity index (χ1n) is 3.95. The molecule has 2 atom stereocenters. The lowest BCUT2D eigenvalue weighted by atomic mass is 10.2. The second-order valence-corrected chi connectivity index (χ2v) is 5.02. The highest BCUT2D eigenvalue weighted by Gasteiger charge is 2.15. The van der Waals surface area contributed by atoms with Crippen molar-refractivity contribution in [2.45, 2.75) is 31.8 Å². The Morgan fingerprint density at radius 2 is 2.10 bits per heavy atom. The maximum Gasteiger partial charge on any atom is 0.117 e. The molecule has 0 aromatic rings. The van der Waals surface area contributed by atoms with Crippen LogP contribution in [0.3, 0.4) is 0 Å². The van der Waals surface area contributed by atoms with Crippen LogP contribution in [0.5, 0.6) is 0 Å². The third kappa shape index (κ3) is 4.03. The van der Waals surface area contributed by atoms with E-state index in [1.165, 1.54) is 19.3 Å². The summed E-state index contributed by atoms with van der Waals surface area (Å²) >= 11 is 0. The van der Waals surface area contributed by atoms with Gasteiger partial charge in [0.15, 0.2) is 0 Å². The Labute approximate surface area is 65.4 Å². The zero-order valence-electron chi connectivity index (χ0n) is 7.14. The number of hydrogen-bond donors (Lipinski definition) is 1. The van der Waals surface area contributed by atoms with E-state index in [0.29, 0.717) is 0 Å². The molecule has 10 heavy (non-hydrogen) atoms. The van der Waals surface area contributed by atoms with Gasteiger partial charge in [-0.3, -0.25) is 0 Å². The van der Waals surface area contributed by atoms with E-state index in [1.807, 2.05) is 0 Å². The summed E-state index contributed by atoms with van der Waals surface area (Å²) in [6, 6.07) is 0. The van der Waals surface area contributed by atoms with Crippen LogP contribution in [-0.2, 0) is 0 Å². The molecule has 0 spiro atoms. The summed E-state index contributed by atoms with van der Waals surface area (Å²) in [5.41, 5.74) is 6.29. The van der Waals surface area contributed by atoms with Gasteiger partial charge in [-0.25, -0.2) is 0 Å². The predicted octanol–water partition coefficient (Wildman–Crippen LogP) is 2.05. The van der Waals surface area contributed by atoms with E-state index in [4.69, 9.17) is 5.73 Å². The van der Waals surface area contributed by atoms with Crippen LogP contribution < -0.4 is 5.73 Å². The summed E-state index contributed by atoms with van der Waals surface area (Å²) in [4.78, 5) is 0. The van der Waals surface area contributed by atoms with E-state index in [1.54, 1.807) is 0 Å². The minimum Gasteiger partial charge on any atom is -0.330 e. The van der Waals surface area contributed by atoms with Crippen LogP contribution in [0.2, 0.25) is 0 Å². The summed E-state index contributed by atoms with van der Waals surface area (Å²) in [7, 11) is -0.00567. The lowest BCUT2D eigenvalue weighted by Gasteiger charge is -2.05. The minimum absolute atomic E-state index is 0.00567. The van der Waals surface area contributed by atoms with Gasteiger partial charge in [-0.15, -0.1) is 0 Å². The van der Waals surface area contributed by atoms with Crippen molar-refractivity contribution < 1.29 is 0 Å². The largest absolute Gasteiger partial charge is 0.330 e. The monoisotopic (exact) mass is 160 g/mol. The molecule has 0 aliphatic heterocycles. The Kier molecular flexibility index (Phi) is 5.96. The molecule has 0 rings (SSSR count). The molecule has 0 saturated heterocycles. The fraction of sp³-hybridized carbons (Fsp3) is 0.875. The standard InChI is InChI=1S/C8H19NP/c1-4-5-8(6-7-9)10(2)3/h8H,2,4-7,9H2,1,3H3/q+1. The fourth-order valence-corrected chi connectivity index (χ4v) is 2.40. The molecule has 0 amide bonds. The molecule has 0 saturated carbocycles. The Morgan fingerprint density at radius 1 is 1.50 bits per heavy atom. The molecule has 2 unspecified atom stereocenters. The number of rotatable bonds is 5. The quantitative estimate of drug-likeness (QED) is 0.612. The first kappa shape index (κ1) is 10.1. The van der Waals surface area contributed by atoms with Crippen LogP contribution in [0.15, 0.2) is 0 Å². The van der Waals surface area contributed by atoms with E-state index in [-0.39, 0.29) is 7.55 Å². The van der Waals surface area contributed by atoms with Crippen LogP contribution in [0.1, 0.15) is 26.2 Å². The molecule has 0 aliphatic rings. The minimum atomic E-state index is -0.00567. The van der Waals surface area contributed by atoms with Crippen LogP contribution in [0.25, 0.3) is 0 Å². The first-order valence-corrected chi connectivity index (χ1v) is 6.00. The zero-order chi connectivity index (χ0) is 7.98. The summed E-state index contributed by atoms with van der Waals surface area (Å²) in [5.74, 6) is 0. The lowest BCUT2D eigenvalue weighted by Crippen LogP contribution is -2.09. The van der Waals surface area contributed by atoms with Crippen LogP contribution in [0.4, 0.5) is 0 Å². The Balaban J connectivity index is 3.61. The zero-order valence-corrected chi connectivity index (χ0v) is 8.03. The van der Waals surface area contributed by atoms with Crippen molar-refractivity contribution in [2.75, 3.05) is 13.2 Å². The molecule has 0 bridgehead atoms. The van der Waals surface area contributed by atoms with Gasteiger partial charge < -0.3 is 5.73 Å². The molecule has 0 aromatic heterocycles. The van der Waals surface area contributed by atoms with Crippen LogP contribution in [-0.4, -0.2) is 25.2 Å². The Morgan fingerprint density at radius 3 is 2.40 bits per heavy atom. The van der Waals surface area contributed by atoms with Gasteiger partial charge >= 0.3 is 0 Å². The molecule has 0 radical (unpaired) electrons. The number of nitrogens with two attached hydrogens (primary N) is 1. The summed E-state index contributed by atoms with van der Waals surface area (Å²) in [5, 5.41) is 0. The van der Waals surface area contributed by atoms with Gasteiger partial charge in [0, 0.05) is 6.42 Å². The highest BCUT2D eigenvalue weighted by Crippen LogP contribution is 2.28.